The molecule has 3 heterocycles. The van der Waals surface area contributed by atoms with Crippen molar-refractivity contribution in [1.82, 2.24) is 9.38 Å². The SMILES string of the molecule is O=C1COc2cc(NC(=O)c3cnc4ccccn34)ccc2N1. The van der Waals surface area contributed by atoms with Crippen LogP contribution in [0.25, 0.3) is 5.65 Å². The molecule has 0 unspecified atom stereocenters. The lowest BCUT2D eigenvalue weighted by atomic mass is 10.2. The lowest BCUT2D eigenvalue weighted by Gasteiger charge is -2.18. The number of fused-ring (bicyclic) bond motifs is 2. The second kappa shape index (κ2) is 5.13. The quantitative estimate of drug-likeness (QED) is 0.757. The molecule has 0 saturated heterocycles. The summed E-state index contributed by atoms with van der Waals surface area (Å²) in [6, 6.07) is 10.6. The number of nitrogens with one attached hydrogen (secondary N) is 2. The Balaban J connectivity index is 1.60. The van der Waals surface area contributed by atoms with Gasteiger partial charge in [-0.05, 0) is 24.3 Å². The fourth-order valence-electron chi connectivity index (χ4n) is 2.45. The van der Waals surface area contributed by atoms with Crippen LogP contribution in [0.15, 0.2) is 48.8 Å². The van der Waals surface area contributed by atoms with Gasteiger partial charge in [0.15, 0.2) is 6.61 Å². The van der Waals surface area contributed by atoms with Crippen molar-refractivity contribution in [3.63, 3.8) is 0 Å². The Morgan fingerprint density at radius 1 is 1.30 bits per heavy atom. The van der Waals surface area contributed by atoms with Gasteiger partial charge >= 0.3 is 0 Å². The van der Waals surface area contributed by atoms with E-state index in [1.165, 1.54) is 6.20 Å². The zero-order chi connectivity index (χ0) is 15.8. The molecule has 23 heavy (non-hydrogen) atoms. The first-order chi connectivity index (χ1) is 11.2. The molecule has 0 atom stereocenters. The van der Waals surface area contributed by atoms with E-state index in [4.69, 9.17) is 4.74 Å². The monoisotopic (exact) mass is 308 g/mol. The molecule has 3 aromatic rings. The molecule has 7 nitrogen and oxygen atoms in total. The number of imidazole rings is 1. The van der Waals surface area contributed by atoms with Crippen molar-refractivity contribution in [2.45, 2.75) is 0 Å². The largest absolute Gasteiger partial charge is 0.482 e. The van der Waals surface area contributed by atoms with Crippen molar-refractivity contribution in [2.24, 2.45) is 0 Å². The Morgan fingerprint density at radius 3 is 3.13 bits per heavy atom. The Morgan fingerprint density at radius 2 is 2.22 bits per heavy atom. The number of carbonyl (C=O) groups excluding carboxylic acids is 2. The number of carbonyl (C=O) groups is 2. The molecule has 2 aromatic heterocycles. The molecule has 0 spiro atoms. The van der Waals surface area contributed by atoms with Crippen molar-refractivity contribution in [1.29, 1.82) is 0 Å². The Bertz CT molecular complexity index is 932. The van der Waals surface area contributed by atoms with Crippen LogP contribution in [-0.2, 0) is 4.79 Å². The van der Waals surface area contributed by atoms with Crippen LogP contribution < -0.4 is 15.4 Å². The molecule has 7 heteroatoms. The summed E-state index contributed by atoms with van der Waals surface area (Å²) < 4.78 is 7.05. The Labute approximate surface area is 130 Å². The van der Waals surface area contributed by atoms with E-state index in [0.717, 1.165) is 0 Å². The topological polar surface area (TPSA) is 84.7 Å². The van der Waals surface area contributed by atoms with E-state index in [-0.39, 0.29) is 18.4 Å². The van der Waals surface area contributed by atoms with Crippen molar-refractivity contribution < 1.29 is 14.3 Å². The highest BCUT2D eigenvalue weighted by Crippen LogP contribution is 2.30. The third kappa shape index (κ3) is 2.38. The van der Waals surface area contributed by atoms with E-state index in [1.807, 2.05) is 18.2 Å². The molecule has 2 amide bonds. The predicted octanol–water partition coefficient (Wildman–Crippen LogP) is 1.92. The summed E-state index contributed by atoms with van der Waals surface area (Å²) in [7, 11) is 0. The van der Waals surface area contributed by atoms with Crippen molar-refractivity contribution >= 4 is 28.8 Å². The lowest BCUT2D eigenvalue weighted by molar-refractivity contribution is -0.118. The second-order valence-corrected chi connectivity index (χ2v) is 5.07. The number of nitrogens with zero attached hydrogens (tertiary/aromatic N) is 2. The fraction of sp³-hybridized carbons (Fsp3) is 0.0625. The molecule has 1 aliphatic heterocycles. The standard InChI is InChI=1S/C16H12N4O3/c21-15-9-23-13-7-10(4-5-11(13)19-15)18-16(22)12-8-17-14-3-1-2-6-20(12)14/h1-8H,9H2,(H,18,22)(H,19,21). The van der Waals surface area contributed by atoms with Gasteiger partial charge in [0.25, 0.3) is 11.8 Å². The lowest BCUT2D eigenvalue weighted by Crippen LogP contribution is -2.25. The van der Waals surface area contributed by atoms with Crippen molar-refractivity contribution in [3.8, 4) is 5.75 Å². The maximum absolute atomic E-state index is 12.4. The zero-order valence-corrected chi connectivity index (χ0v) is 11.9. The number of aromatic nitrogens is 2. The molecule has 0 bridgehead atoms. The van der Waals surface area contributed by atoms with Crippen LogP contribution >= 0.6 is 0 Å². The molecule has 4 rings (SSSR count). The normalized spacial score (nSPS) is 13.1. The zero-order valence-electron chi connectivity index (χ0n) is 11.9. The number of pyridine rings is 1. The van der Waals surface area contributed by atoms with Gasteiger partial charge in [-0.2, -0.15) is 0 Å². The summed E-state index contributed by atoms with van der Waals surface area (Å²) in [4.78, 5) is 27.9. The van der Waals surface area contributed by atoms with Crippen LogP contribution in [0.1, 0.15) is 10.5 Å². The number of rotatable bonds is 2. The predicted molar refractivity (Wildman–Crippen MR) is 83.7 cm³/mol. The first kappa shape index (κ1) is 13.3. The van der Waals surface area contributed by atoms with Crippen molar-refractivity contribution in [3.05, 3.63) is 54.5 Å². The number of benzene rings is 1. The first-order valence-electron chi connectivity index (χ1n) is 7.01. The summed E-state index contributed by atoms with van der Waals surface area (Å²) in [5.74, 6) is 0.0593. The molecule has 0 radical (unpaired) electrons. The third-order valence-electron chi connectivity index (χ3n) is 3.52. The Hall–Kier alpha value is -3.35. The van der Waals surface area contributed by atoms with Gasteiger partial charge in [0.2, 0.25) is 0 Å². The summed E-state index contributed by atoms with van der Waals surface area (Å²) in [6.45, 7) is -0.0301. The molecule has 114 valence electrons. The van der Waals surface area contributed by atoms with Crippen molar-refractivity contribution in [2.75, 3.05) is 17.2 Å². The summed E-state index contributed by atoms with van der Waals surface area (Å²) in [6.07, 6.45) is 3.31. The molecule has 0 fully saturated rings. The minimum absolute atomic E-state index is 0.0301. The molecule has 0 saturated carbocycles. The van der Waals surface area contributed by atoms with Gasteiger partial charge in [-0.25, -0.2) is 4.98 Å². The average Bonchev–Trinajstić information content (AvgIpc) is 2.99. The van der Waals surface area contributed by atoms with Gasteiger partial charge in [-0.3, -0.25) is 14.0 Å². The summed E-state index contributed by atoms with van der Waals surface area (Å²) >= 11 is 0. The van der Waals surface area contributed by atoms with E-state index in [1.54, 1.807) is 28.8 Å². The first-order valence-corrected chi connectivity index (χ1v) is 7.01. The Kier molecular flexibility index (Phi) is 2.97. The van der Waals surface area contributed by atoms with E-state index in [0.29, 0.717) is 28.5 Å². The van der Waals surface area contributed by atoms with E-state index >= 15 is 0 Å². The van der Waals surface area contributed by atoms with Gasteiger partial charge in [0.1, 0.15) is 17.1 Å². The van der Waals surface area contributed by atoms with Crippen LogP contribution in [0, 0.1) is 0 Å². The van der Waals surface area contributed by atoms with Crippen LogP contribution in [-0.4, -0.2) is 27.8 Å². The molecule has 1 aromatic carbocycles. The van der Waals surface area contributed by atoms with Crippen LogP contribution in [0.3, 0.4) is 0 Å². The molecule has 2 N–H and O–H groups in total. The van der Waals surface area contributed by atoms with Crippen LogP contribution in [0.2, 0.25) is 0 Å². The highest BCUT2D eigenvalue weighted by atomic mass is 16.5. The average molecular weight is 308 g/mol. The maximum Gasteiger partial charge on any atom is 0.274 e. The minimum atomic E-state index is -0.275. The van der Waals surface area contributed by atoms with Gasteiger partial charge in [-0.15, -0.1) is 0 Å². The smallest absolute Gasteiger partial charge is 0.274 e. The molecule has 1 aliphatic rings. The molecule has 0 aliphatic carbocycles. The van der Waals surface area contributed by atoms with Gasteiger partial charge in [0, 0.05) is 18.0 Å². The minimum Gasteiger partial charge on any atom is -0.482 e. The molecular formula is C16H12N4O3. The number of amides is 2. The number of hydrogen-bond acceptors (Lipinski definition) is 4. The summed E-state index contributed by atoms with van der Waals surface area (Å²) in [5.41, 5.74) is 2.31. The number of ether oxygens (including phenoxy) is 1. The number of anilines is 2. The van der Waals surface area contributed by atoms with Crippen LogP contribution in [0.5, 0.6) is 5.75 Å². The van der Waals surface area contributed by atoms with E-state index < -0.39 is 0 Å². The second-order valence-electron chi connectivity index (χ2n) is 5.07. The van der Waals surface area contributed by atoms with E-state index in [9.17, 15) is 9.59 Å². The third-order valence-corrected chi connectivity index (χ3v) is 3.52. The molecular weight excluding hydrogens is 296 g/mol. The van der Waals surface area contributed by atoms with E-state index in [2.05, 4.69) is 15.6 Å². The maximum atomic E-state index is 12.4. The van der Waals surface area contributed by atoms with Gasteiger partial charge < -0.3 is 15.4 Å². The highest BCUT2D eigenvalue weighted by Gasteiger charge is 2.17. The van der Waals surface area contributed by atoms with Gasteiger partial charge in [0.05, 0.1) is 11.9 Å². The summed E-state index contributed by atoms with van der Waals surface area (Å²) in [5, 5.41) is 5.51. The van der Waals surface area contributed by atoms with Crippen LogP contribution in [0.4, 0.5) is 11.4 Å². The van der Waals surface area contributed by atoms with Gasteiger partial charge in [-0.1, -0.05) is 6.07 Å². The fourth-order valence-corrected chi connectivity index (χ4v) is 2.45. The highest BCUT2D eigenvalue weighted by molar-refractivity contribution is 6.04. The number of hydrogen-bond donors (Lipinski definition) is 2.